The fraction of sp³-hybridized carbons (Fsp3) is 0.625. The Balaban J connectivity index is 1.55. The second kappa shape index (κ2) is 7.57. The molecule has 1 fully saturated rings. The van der Waals surface area contributed by atoms with Crippen LogP contribution in [0.25, 0.3) is 10.2 Å². The maximum absolute atomic E-state index is 6.04. The van der Waals surface area contributed by atoms with Crippen molar-refractivity contribution in [2.75, 3.05) is 31.5 Å². The van der Waals surface area contributed by atoms with Gasteiger partial charge in [-0.15, -0.1) is 11.3 Å². The van der Waals surface area contributed by atoms with E-state index in [1.54, 1.807) is 11.3 Å². The van der Waals surface area contributed by atoms with Gasteiger partial charge in [0, 0.05) is 11.4 Å². The van der Waals surface area contributed by atoms with Crippen molar-refractivity contribution < 1.29 is 0 Å². The average Bonchev–Trinajstić information content (AvgIpc) is 3.15. The molecule has 0 aliphatic carbocycles. The zero-order chi connectivity index (χ0) is 15.4. The van der Waals surface area contributed by atoms with Crippen LogP contribution in [0.15, 0.2) is 6.07 Å². The Morgan fingerprint density at radius 1 is 1.27 bits per heavy atom. The molecular weight excluding hydrogens is 316 g/mol. The van der Waals surface area contributed by atoms with Crippen LogP contribution in [0.1, 0.15) is 37.5 Å². The molecule has 0 amide bonds. The predicted octanol–water partition coefficient (Wildman–Crippen LogP) is 4.20. The van der Waals surface area contributed by atoms with Crippen LogP contribution in [0.4, 0.5) is 5.82 Å². The van der Waals surface area contributed by atoms with Crippen LogP contribution in [0.3, 0.4) is 0 Å². The fourth-order valence-corrected chi connectivity index (χ4v) is 4.11. The van der Waals surface area contributed by atoms with Gasteiger partial charge in [-0.25, -0.2) is 9.97 Å². The van der Waals surface area contributed by atoms with Gasteiger partial charge < -0.3 is 10.2 Å². The first-order valence-electron chi connectivity index (χ1n) is 8.18. The van der Waals surface area contributed by atoms with Crippen LogP contribution in [-0.2, 0) is 6.42 Å². The summed E-state index contributed by atoms with van der Waals surface area (Å²) in [6.45, 7) is 6.88. The molecule has 2 aromatic rings. The number of thiophene rings is 1. The number of aryl methyl sites for hydroxylation is 1. The van der Waals surface area contributed by atoms with Gasteiger partial charge >= 0.3 is 0 Å². The van der Waals surface area contributed by atoms with Crippen molar-refractivity contribution in [2.45, 2.75) is 39.0 Å². The Morgan fingerprint density at radius 2 is 2.09 bits per heavy atom. The summed E-state index contributed by atoms with van der Waals surface area (Å²) in [5.41, 5.74) is 0. The average molecular weight is 339 g/mol. The number of nitrogens with zero attached hydrogens (tertiary/aromatic N) is 3. The Bertz CT molecular complexity index is 622. The lowest BCUT2D eigenvalue weighted by Crippen LogP contribution is -2.20. The minimum absolute atomic E-state index is 0.330. The van der Waals surface area contributed by atoms with Crippen LogP contribution < -0.4 is 5.32 Å². The van der Waals surface area contributed by atoms with Gasteiger partial charge in [0.25, 0.3) is 0 Å². The molecule has 3 rings (SSSR count). The Morgan fingerprint density at radius 3 is 2.86 bits per heavy atom. The van der Waals surface area contributed by atoms with E-state index in [9.17, 15) is 0 Å². The van der Waals surface area contributed by atoms with Gasteiger partial charge in [-0.3, -0.25) is 0 Å². The lowest BCUT2D eigenvalue weighted by Gasteiger charge is -2.14. The molecule has 0 spiro atoms. The van der Waals surface area contributed by atoms with Gasteiger partial charge in [-0.05, 0) is 69.4 Å². The molecule has 0 bridgehead atoms. The number of aromatic nitrogens is 2. The van der Waals surface area contributed by atoms with Gasteiger partial charge in [0.2, 0.25) is 5.28 Å². The summed E-state index contributed by atoms with van der Waals surface area (Å²) in [7, 11) is 0. The highest BCUT2D eigenvalue weighted by atomic mass is 35.5. The maximum Gasteiger partial charge on any atom is 0.225 e. The van der Waals surface area contributed by atoms with Crippen molar-refractivity contribution in [2.24, 2.45) is 0 Å². The first-order valence-corrected chi connectivity index (χ1v) is 9.38. The van der Waals surface area contributed by atoms with Crippen molar-refractivity contribution in [3.8, 4) is 0 Å². The van der Waals surface area contributed by atoms with E-state index in [-0.39, 0.29) is 0 Å². The molecule has 4 nitrogen and oxygen atoms in total. The van der Waals surface area contributed by atoms with Gasteiger partial charge in [-0.1, -0.05) is 6.92 Å². The van der Waals surface area contributed by atoms with Crippen molar-refractivity contribution in [3.63, 3.8) is 0 Å². The van der Waals surface area contributed by atoms with Crippen molar-refractivity contribution >= 4 is 39.0 Å². The summed E-state index contributed by atoms with van der Waals surface area (Å²) in [6.07, 6.45) is 6.15. The summed E-state index contributed by atoms with van der Waals surface area (Å²) >= 11 is 7.74. The summed E-state index contributed by atoms with van der Waals surface area (Å²) < 4.78 is 0. The highest BCUT2D eigenvalue weighted by molar-refractivity contribution is 7.18. The summed E-state index contributed by atoms with van der Waals surface area (Å²) in [6, 6.07) is 2.18. The summed E-state index contributed by atoms with van der Waals surface area (Å²) in [5, 5.41) is 4.88. The van der Waals surface area contributed by atoms with Crippen LogP contribution in [0, 0.1) is 0 Å². The van der Waals surface area contributed by atoms with Crippen LogP contribution in [0.2, 0.25) is 5.28 Å². The molecule has 120 valence electrons. The Labute approximate surface area is 140 Å². The summed E-state index contributed by atoms with van der Waals surface area (Å²) in [4.78, 5) is 13.6. The second-order valence-electron chi connectivity index (χ2n) is 5.81. The minimum Gasteiger partial charge on any atom is -0.369 e. The smallest absolute Gasteiger partial charge is 0.225 e. The third-order valence-electron chi connectivity index (χ3n) is 4.16. The number of nitrogens with one attached hydrogen (secondary N) is 1. The van der Waals surface area contributed by atoms with Crippen LogP contribution in [-0.4, -0.2) is 41.0 Å². The van der Waals surface area contributed by atoms with Gasteiger partial charge in [0.1, 0.15) is 10.6 Å². The fourth-order valence-electron chi connectivity index (χ4n) is 2.93. The number of rotatable bonds is 7. The van der Waals surface area contributed by atoms with E-state index in [0.717, 1.165) is 35.4 Å². The van der Waals surface area contributed by atoms with Crippen molar-refractivity contribution in [1.82, 2.24) is 14.9 Å². The number of hydrogen-bond donors (Lipinski definition) is 1. The normalized spacial score (nSPS) is 15.7. The topological polar surface area (TPSA) is 41.0 Å². The SMILES string of the molecule is CCc1cc2c(NCCCCN3CCCC3)nc(Cl)nc2s1. The first kappa shape index (κ1) is 16.0. The number of hydrogen-bond acceptors (Lipinski definition) is 5. The number of fused-ring (bicyclic) bond motifs is 1. The summed E-state index contributed by atoms with van der Waals surface area (Å²) in [5.74, 6) is 0.882. The highest BCUT2D eigenvalue weighted by Gasteiger charge is 2.11. The van der Waals surface area contributed by atoms with E-state index in [1.165, 1.54) is 43.8 Å². The monoisotopic (exact) mass is 338 g/mol. The molecule has 0 saturated carbocycles. The quantitative estimate of drug-likeness (QED) is 0.607. The third kappa shape index (κ3) is 3.89. The number of anilines is 1. The molecule has 6 heteroatoms. The molecular formula is C16H23ClN4S. The van der Waals surface area contributed by atoms with Crippen molar-refractivity contribution in [1.29, 1.82) is 0 Å². The molecule has 2 aromatic heterocycles. The zero-order valence-corrected chi connectivity index (χ0v) is 14.6. The second-order valence-corrected chi connectivity index (χ2v) is 7.26. The Hall–Kier alpha value is -0.910. The first-order chi connectivity index (χ1) is 10.8. The number of unbranched alkanes of at least 4 members (excludes halogenated alkanes) is 1. The zero-order valence-electron chi connectivity index (χ0n) is 13.1. The van der Waals surface area contributed by atoms with Gasteiger partial charge in [0.05, 0.1) is 5.39 Å². The molecule has 1 saturated heterocycles. The highest BCUT2D eigenvalue weighted by Crippen LogP contribution is 2.30. The molecule has 22 heavy (non-hydrogen) atoms. The third-order valence-corrected chi connectivity index (χ3v) is 5.50. The van der Waals surface area contributed by atoms with Crippen LogP contribution >= 0.6 is 22.9 Å². The van der Waals surface area contributed by atoms with E-state index in [2.05, 4.69) is 33.2 Å². The van der Waals surface area contributed by atoms with E-state index in [4.69, 9.17) is 11.6 Å². The molecule has 1 aliphatic rings. The Kier molecular flexibility index (Phi) is 5.50. The number of likely N-dealkylation sites (tertiary alicyclic amines) is 1. The molecule has 0 unspecified atom stereocenters. The maximum atomic E-state index is 6.04. The molecule has 0 atom stereocenters. The van der Waals surface area contributed by atoms with Crippen molar-refractivity contribution in [3.05, 3.63) is 16.2 Å². The van der Waals surface area contributed by atoms with E-state index >= 15 is 0 Å². The lowest BCUT2D eigenvalue weighted by molar-refractivity contribution is 0.331. The minimum atomic E-state index is 0.330. The van der Waals surface area contributed by atoms with E-state index < -0.39 is 0 Å². The molecule has 1 aliphatic heterocycles. The molecule has 0 aromatic carbocycles. The van der Waals surface area contributed by atoms with Gasteiger partial charge in [0.15, 0.2) is 0 Å². The molecule has 1 N–H and O–H groups in total. The molecule has 0 radical (unpaired) electrons. The standard InChI is InChI=1S/C16H23ClN4S/c1-2-12-11-13-14(19-16(17)20-15(13)22-12)18-7-3-4-8-21-9-5-6-10-21/h11H,2-10H2,1H3,(H,18,19,20). The van der Waals surface area contributed by atoms with Gasteiger partial charge in [-0.2, -0.15) is 0 Å². The predicted molar refractivity (Wildman–Crippen MR) is 95.2 cm³/mol. The largest absolute Gasteiger partial charge is 0.369 e. The van der Waals surface area contributed by atoms with E-state index in [1.807, 2.05) is 0 Å². The molecule has 3 heterocycles. The van der Waals surface area contributed by atoms with Crippen LogP contribution in [0.5, 0.6) is 0 Å². The lowest BCUT2D eigenvalue weighted by atomic mass is 10.2. The number of halogens is 1. The van der Waals surface area contributed by atoms with E-state index in [0.29, 0.717) is 5.28 Å².